The molecule has 1 saturated carbocycles. The highest BCUT2D eigenvalue weighted by Gasteiger charge is 2.26. The molecule has 6 nitrogen and oxygen atoms in total. The third kappa shape index (κ3) is 2.72. The standard InChI is InChI=1S/C11H13N3O3/c1-7(15)12-9-3-2-4-10(14(16)17)11(9)13-8-5-6-8/h2-4,8,13H,5-6H2,1H3,(H,12,15). The number of hydrogen-bond acceptors (Lipinski definition) is 4. The van der Waals surface area contributed by atoms with Crippen LogP contribution in [0, 0.1) is 10.1 Å². The number of benzene rings is 1. The van der Waals surface area contributed by atoms with Crippen molar-refractivity contribution >= 4 is 23.0 Å². The number of nitro benzene ring substituents is 1. The first-order chi connectivity index (χ1) is 8.08. The molecule has 1 aliphatic rings. The highest BCUT2D eigenvalue weighted by Crippen LogP contribution is 2.36. The van der Waals surface area contributed by atoms with Crippen LogP contribution in [0.25, 0.3) is 0 Å². The fraction of sp³-hybridized carbons (Fsp3) is 0.364. The van der Waals surface area contributed by atoms with Crippen LogP contribution in [0.5, 0.6) is 0 Å². The molecule has 0 spiro atoms. The quantitative estimate of drug-likeness (QED) is 0.618. The van der Waals surface area contributed by atoms with Crippen molar-refractivity contribution in [3.05, 3.63) is 28.3 Å². The normalized spacial score (nSPS) is 14.2. The van der Waals surface area contributed by atoms with E-state index in [0.29, 0.717) is 11.4 Å². The highest BCUT2D eigenvalue weighted by molar-refractivity contribution is 5.94. The number of amides is 1. The molecule has 1 amide bonds. The van der Waals surface area contributed by atoms with E-state index in [1.165, 1.54) is 13.0 Å². The average Bonchev–Trinajstić information content (AvgIpc) is 3.03. The maximum absolute atomic E-state index is 11.0. The predicted molar refractivity (Wildman–Crippen MR) is 64.0 cm³/mol. The zero-order valence-corrected chi connectivity index (χ0v) is 9.40. The molecule has 0 atom stereocenters. The first-order valence-corrected chi connectivity index (χ1v) is 5.39. The van der Waals surface area contributed by atoms with Gasteiger partial charge in [-0.25, -0.2) is 0 Å². The van der Waals surface area contributed by atoms with Crippen LogP contribution >= 0.6 is 0 Å². The molecule has 0 saturated heterocycles. The van der Waals surface area contributed by atoms with Crippen molar-refractivity contribution in [2.24, 2.45) is 0 Å². The van der Waals surface area contributed by atoms with E-state index < -0.39 is 4.92 Å². The van der Waals surface area contributed by atoms with Gasteiger partial charge in [-0.1, -0.05) is 6.07 Å². The van der Waals surface area contributed by atoms with Crippen molar-refractivity contribution < 1.29 is 9.72 Å². The summed E-state index contributed by atoms with van der Waals surface area (Å²) in [4.78, 5) is 21.5. The molecular weight excluding hydrogens is 222 g/mol. The molecule has 0 radical (unpaired) electrons. The Bertz CT molecular complexity index is 469. The van der Waals surface area contributed by atoms with Crippen LogP contribution < -0.4 is 10.6 Å². The van der Waals surface area contributed by atoms with E-state index in [1.807, 2.05) is 0 Å². The van der Waals surface area contributed by atoms with Gasteiger partial charge in [-0.05, 0) is 18.9 Å². The summed E-state index contributed by atoms with van der Waals surface area (Å²) < 4.78 is 0. The monoisotopic (exact) mass is 235 g/mol. The van der Waals surface area contributed by atoms with Crippen LogP contribution in [0.1, 0.15) is 19.8 Å². The van der Waals surface area contributed by atoms with Gasteiger partial charge in [-0.15, -0.1) is 0 Å². The Morgan fingerprint density at radius 1 is 1.47 bits per heavy atom. The largest absolute Gasteiger partial charge is 0.375 e. The lowest BCUT2D eigenvalue weighted by atomic mass is 10.2. The fourth-order valence-corrected chi connectivity index (χ4v) is 1.57. The van der Waals surface area contributed by atoms with Gasteiger partial charge in [-0.3, -0.25) is 14.9 Å². The van der Waals surface area contributed by atoms with E-state index in [9.17, 15) is 14.9 Å². The first kappa shape index (κ1) is 11.4. The molecule has 1 fully saturated rings. The van der Waals surface area contributed by atoms with Crippen molar-refractivity contribution in [2.75, 3.05) is 10.6 Å². The van der Waals surface area contributed by atoms with Crippen LogP contribution in [-0.4, -0.2) is 16.9 Å². The Kier molecular flexibility index (Phi) is 2.95. The van der Waals surface area contributed by atoms with Crippen molar-refractivity contribution in [3.8, 4) is 0 Å². The second-order valence-corrected chi connectivity index (χ2v) is 4.06. The number of carbonyl (C=O) groups excluding carboxylic acids is 1. The predicted octanol–water partition coefficient (Wildman–Crippen LogP) is 2.13. The van der Waals surface area contributed by atoms with Crippen LogP contribution in [0.3, 0.4) is 0 Å². The Morgan fingerprint density at radius 3 is 2.71 bits per heavy atom. The van der Waals surface area contributed by atoms with Crippen molar-refractivity contribution in [3.63, 3.8) is 0 Å². The minimum Gasteiger partial charge on any atom is -0.375 e. The molecule has 0 aliphatic heterocycles. The molecule has 1 aromatic carbocycles. The summed E-state index contributed by atoms with van der Waals surface area (Å²) in [6.07, 6.45) is 2.01. The van der Waals surface area contributed by atoms with Gasteiger partial charge in [0.2, 0.25) is 5.91 Å². The Balaban J connectivity index is 2.37. The van der Waals surface area contributed by atoms with Crippen LogP contribution in [0.15, 0.2) is 18.2 Å². The number of rotatable bonds is 4. The summed E-state index contributed by atoms with van der Waals surface area (Å²) in [7, 11) is 0. The molecule has 0 bridgehead atoms. The molecule has 2 rings (SSSR count). The van der Waals surface area contributed by atoms with Crippen molar-refractivity contribution in [1.29, 1.82) is 0 Å². The summed E-state index contributed by atoms with van der Waals surface area (Å²) >= 11 is 0. The van der Waals surface area contributed by atoms with Gasteiger partial charge in [0.05, 0.1) is 10.6 Å². The number of nitrogens with zero attached hydrogens (tertiary/aromatic N) is 1. The Morgan fingerprint density at radius 2 is 2.18 bits per heavy atom. The van der Waals surface area contributed by atoms with E-state index in [2.05, 4.69) is 10.6 Å². The topological polar surface area (TPSA) is 84.3 Å². The molecule has 0 aromatic heterocycles. The zero-order valence-electron chi connectivity index (χ0n) is 9.40. The van der Waals surface area contributed by atoms with E-state index in [0.717, 1.165) is 12.8 Å². The Labute approximate surface area is 98.2 Å². The lowest BCUT2D eigenvalue weighted by Gasteiger charge is -2.11. The molecule has 1 aliphatic carbocycles. The average molecular weight is 235 g/mol. The summed E-state index contributed by atoms with van der Waals surface area (Å²) in [6.45, 7) is 1.37. The molecule has 6 heteroatoms. The highest BCUT2D eigenvalue weighted by atomic mass is 16.6. The number of nitrogens with one attached hydrogen (secondary N) is 2. The summed E-state index contributed by atoms with van der Waals surface area (Å²) in [5.74, 6) is -0.246. The fourth-order valence-electron chi connectivity index (χ4n) is 1.57. The Hall–Kier alpha value is -2.11. The smallest absolute Gasteiger partial charge is 0.294 e. The SMILES string of the molecule is CC(=O)Nc1cccc([N+](=O)[O-])c1NC1CC1. The minimum absolute atomic E-state index is 0.0110. The molecule has 90 valence electrons. The number of nitro groups is 1. The lowest BCUT2D eigenvalue weighted by molar-refractivity contribution is -0.383. The molecule has 1 aromatic rings. The maximum atomic E-state index is 11.0. The van der Waals surface area contributed by atoms with Gasteiger partial charge in [0.15, 0.2) is 0 Å². The summed E-state index contributed by atoms with van der Waals surface area (Å²) in [5, 5.41) is 16.6. The first-order valence-electron chi connectivity index (χ1n) is 5.39. The van der Waals surface area contributed by atoms with Crippen LogP contribution in [0.4, 0.5) is 17.1 Å². The molecule has 2 N–H and O–H groups in total. The maximum Gasteiger partial charge on any atom is 0.294 e. The van der Waals surface area contributed by atoms with Crippen molar-refractivity contribution in [2.45, 2.75) is 25.8 Å². The number of hydrogen-bond donors (Lipinski definition) is 2. The lowest BCUT2D eigenvalue weighted by Crippen LogP contribution is -2.11. The summed E-state index contributed by atoms with van der Waals surface area (Å²) in [5.41, 5.74) is 0.844. The van der Waals surface area contributed by atoms with Gasteiger partial charge in [0.25, 0.3) is 5.69 Å². The molecule has 17 heavy (non-hydrogen) atoms. The van der Waals surface area contributed by atoms with Crippen LogP contribution in [0.2, 0.25) is 0 Å². The van der Waals surface area contributed by atoms with Gasteiger partial charge in [0.1, 0.15) is 5.69 Å². The van der Waals surface area contributed by atoms with E-state index in [1.54, 1.807) is 12.1 Å². The molecule has 0 unspecified atom stereocenters. The van der Waals surface area contributed by atoms with E-state index >= 15 is 0 Å². The van der Waals surface area contributed by atoms with Crippen molar-refractivity contribution in [1.82, 2.24) is 0 Å². The van der Waals surface area contributed by atoms with Gasteiger partial charge in [0, 0.05) is 19.0 Å². The minimum atomic E-state index is -0.448. The molecule has 0 heterocycles. The zero-order chi connectivity index (χ0) is 12.4. The molecular formula is C11H13N3O3. The third-order valence-electron chi connectivity index (χ3n) is 2.48. The number of carbonyl (C=O) groups is 1. The summed E-state index contributed by atoms with van der Waals surface area (Å²) in [6, 6.07) is 4.92. The second kappa shape index (κ2) is 4.40. The third-order valence-corrected chi connectivity index (χ3v) is 2.48. The van der Waals surface area contributed by atoms with Crippen LogP contribution in [-0.2, 0) is 4.79 Å². The van der Waals surface area contributed by atoms with Gasteiger partial charge >= 0.3 is 0 Å². The second-order valence-electron chi connectivity index (χ2n) is 4.06. The van der Waals surface area contributed by atoms with Gasteiger partial charge in [-0.2, -0.15) is 0 Å². The van der Waals surface area contributed by atoms with E-state index in [-0.39, 0.29) is 17.6 Å². The van der Waals surface area contributed by atoms with Gasteiger partial charge < -0.3 is 10.6 Å². The number of para-hydroxylation sites is 1. The number of anilines is 2. The van der Waals surface area contributed by atoms with E-state index in [4.69, 9.17) is 0 Å².